The standard InChI is InChI=1S/C15H21N3O2/c1-11(2)5-8-18-10-12(9-14(18)19)15(20)17-13-3-6-16-7-4-13/h3-4,6-7,11-12H,5,8-10H2,1-2H3,(H,16,17,20). The van der Waals surface area contributed by atoms with Crippen LogP contribution in [-0.2, 0) is 9.59 Å². The average molecular weight is 275 g/mol. The third-order valence-electron chi connectivity index (χ3n) is 3.51. The zero-order chi connectivity index (χ0) is 14.5. The van der Waals surface area contributed by atoms with Crippen molar-refractivity contribution >= 4 is 17.5 Å². The smallest absolute Gasteiger partial charge is 0.229 e. The molecular weight excluding hydrogens is 254 g/mol. The Morgan fingerprint density at radius 2 is 2.15 bits per heavy atom. The van der Waals surface area contributed by atoms with Crippen molar-refractivity contribution < 1.29 is 9.59 Å². The number of rotatable bonds is 5. The maximum absolute atomic E-state index is 12.1. The van der Waals surface area contributed by atoms with Gasteiger partial charge in [-0.05, 0) is 24.5 Å². The number of amides is 2. The first-order chi connectivity index (χ1) is 9.56. The predicted octanol–water partition coefficient (Wildman–Crippen LogP) is 1.91. The molecular formula is C15H21N3O2. The summed E-state index contributed by atoms with van der Waals surface area (Å²) in [5.41, 5.74) is 0.720. The molecule has 0 bridgehead atoms. The molecule has 5 nitrogen and oxygen atoms in total. The lowest BCUT2D eigenvalue weighted by Crippen LogP contribution is -2.29. The van der Waals surface area contributed by atoms with E-state index >= 15 is 0 Å². The van der Waals surface area contributed by atoms with Crippen molar-refractivity contribution in [3.8, 4) is 0 Å². The van der Waals surface area contributed by atoms with Gasteiger partial charge in [-0.15, -0.1) is 0 Å². The van der Waals surface area contributed by atoms with E-state index in [0.29, 0.717) is 18.9 Å². The Morgan fingerprint density at radius 3 is 2.80 bits per heavy atom. The van der Waals surface area contributed by atoms with Gasteiger partial charge in [0.15, 0.2) is 0 Å². The number of aromatic nitrogens is 1. The molecule has 1 fully saturated rings. The molecule has 0 aromatic carbocycles. The Kier molecular flexibility index (Phi) is 4.71. The summed E-state index contributed by atoms with van der Waals surface area (Å²) in [6.07, 6.45) is 4.55. The Bertz CT molecular complexity index is 473. The third kappa shape index (κ3) is 3.79. The van der Waals surface area contributed by atoms with Gasteiger partial charge in [-0.3, -0.25) is 14.6 Å². The summed E-state index contributed by atoms with van der Waals surface area (Å²) in [5, 5.41) is 2.83. The topological polar surface area (TPSA) is 62.3 Å². The molecule has 0 aliphatic carbocycles. The molecule has 5 heteroatoms. The lowest BCUT2D eigenvalue weighted by atomic mass is 10.1. The van der Waals surface area contributed by atoms with Crippen LogP contribution in [0.25, 0.3) is 0 Å². The highest BCUT2D eigenvalue weighted by atomic mass is 16.2. The number of hydrogen-bond donors (Lipinski definition) is 1. The molecule has 0 saturated carbocycles. The number of likely N-dealkylation sites (tertiary alicyclic amines) is 1. The predicted molar refractivity (Wildman–Crippen MR) is 77.0 cm³/mol. The van der Waals surface area contributed by atoms with Gasteiger partial charge < -0.3 is 10.2 Å². The zero-order valence-corrected chi connectivity index (χ0v) is 12.0. The summed E-state index contributed by atoms with van der Waals surface area (Å²) >= 11 is 0. The second-order valence-corrected chi connectivity index (χ2v) is 5.65. The van der Waals surface area contributed by atoms with Crippen LogP contribution < -0.4 is 5.32 Å². The van der Waals surface area contributed by atoms with Crippen molar-refractivity contribution in [2.45, 2.75) is 26.7 Å². The largest absolute Gasteiger partial charge is 0.342 e. The summed E-state index contributed by atoms with van der Waals surface area (Å²) in [6, 6.07) is 3.48. The molecule has 0 spiro atoms. The Labute approximate surface area is 119 Å². The van der Waals surface area contributed by atoms with E-state index < -0.39 is 0 Å². The van der Waals surface area contributed by atoms with Crippen LogP contribution in [-0.4, -0.2) is 34.8 Å². The molecule has 1 unspecified atom stereocenters. The van der Waals surface area contributed by atoms with Crippen molar-refractivity contribution in [3.05, 3.63) is 24.5 Å². The molecule has 2 rings (SSSR count). The van der Waals surface area contributed by atoms with Crippen molar-refractivity contribution in [2.24, 2.45) is 11.8 Å². The summed E-state index contributed by atoms with van der Waals surface area (Å²) in [5.74, 6) is 0.312. The van der Waals surface area contributed by atoms with Gasteiger partial charge >= 0.3 is 0 Å². The van der Waals surface area contributed by atoms with Gasteiger partial charge in [-0.25, -0.2) is 0 Å². The molecule has 2 heterocycles. The first-order valence-electron chi connectivity index (χ1n) is 7.05. The van der Waals surface area contributed by atoms with E-state index in [4.69, 9.17) is 0 Å². The van der Waals surface area contributed by atoms with Gasteiger partial charge in [0.25, 0.3) is 0 Å². The fourth-order valence-electron chi connectivity index (χ4n) is 2.26. The van der Waals surface area contributed by atoms with Crippen LogP contribution in [0.1, 0.15) is 26.7 Å². The summed E-state index contributed by atoms with van der Waals surface area (Å²) in [6.45, 7) is 5.54. The molecule has 1 aliphatic rings. The number of hydrogen-bond acceptors (Lipinski definition) is 3. The number of nitrogens with zero attached hydrogens (tertiary/aromatic N) is 2. The fourth-order valence-corrected chi connectivity index (χ4v) is 2.26. The molecule has 1 N–H and O–H groups in total. The summed E-state index contributed by atoms with van der Waals surface area (Å²) in [7, 11) is 0. The van der Waals surface area contributed by atoms with E-state index in [9.17, 15) is 9.59 Å². The molecule has 0 radical (unpaired) electrons. The molecule has 20 heavy (non-hydrogen) atoms. The van der Waals surface area contributed by atoms with Gasteiger partial charge in [-0.2, -0.15) is 0 Å². The number of carbonyl (C=O) groups is 2. The first kappa shape index (κ1) is 14.5. The average Bonchev–Trinajstić information content (AvgIpc) is 2.79. The minimum Gasteiger partial charge on any atom is -0.342 e. The molecule has 1 aromatic heterocycles. The molecule has 1 aliphatic heterocycles. The molecule has 1 aromatic rings. The van der Waals surface area contributed by atoms with Crippen molar-refractivity contribution in [2.75, 3.05) is 18.4 Å². The summed E-state index contributed by atoms with van der Waals surface area (Å²) < 4.78 is 0. The van der Waals surface area contributed by atoms with Gasteiger partial charge in [0.2, 0.25) is 11.8 Å². The SMILES string of the molecule is CC(C)CCN1CC(C(=O)Nc2ccncc2)CC1=O. The monoisotopic (exact) mass is 275 g/mol. The molecule has 2 amide bonds. The van der Waals surface area contributed by atoms with Crippen LogP contribution in [0.5, 0.6) is 0 Å². The van der Waals surface area contributed by atoms with Gasteiger partial charge in [-0.1, -0.05) is 13.8 Å². The van der Waals surface area contributed by atoms with E-state index in [2.05, 4.69) is 24.1 Å². The second-order valence-electron chi connectivity index (χ2n) is 5.65. The van der Waals surface area contributed by atoms with Crippen LogP contribution in [0.3, 0.4) is 0 Å². The second kappa shape index (κ2) is 6.50. The number of pyridine rings is 1. The Hall–Kier alpha value is -1.91. The van der Waals surface area contributed by atoms with Crippen molar-refractivity contribution in [3.63, 3.8) is 0 Å². The van der Waals surface area contributed by atoms with Crippen LogP contribution in [0.4, 0.5) is 5.69 Å². The van der Waals surface area contributed by atoms with Gasteiger partial charge in [0.1, 0.15) is 0 Å². The molecule has 108 valence electrons. The van der Waals surface area contributed by atoms with E-state index in [0.717, 1.165) is 18.7 Å². The van der Waals surface area contributed by atoms with E-state index in [1.54, 1.807) is 29.4 Å². The quantitative estimate of drug-likeness (QED) is 0.893. The number of nitrogens with one attached hydrogen (secondary N) is 1. The molecule has 1 atom stereocenters. The summed E-state index contributed by atoms with van der Waals surface area (Å²) in [4.78, 5) is 29.7. The fraction of sp³-hybridized carbons (Fsp3) is 0.533. The Morgan fingerprint density at radius 1 is 1.45 bits per heavy atom. The highest BCUT2D eigenvalue weighted by molar-refractivity contribution is 5.97. The highest BCUT2D eigenvalue weighted by Crippen LogP contribution is 2.20. The minimum atomic E-state index is -0.247. The van der Waals surface area contributed by atoms with E-state index in [1.807, 2.05) is 0 Å². The lowest BCUT2D eigenvalue weighted by molar-refractivity contribution is -0.128. The van der Waals surface area contributed by atoms with Crippen LogP contribution >= 0.6 is 0 Å². The normalized spacial score (nSPS) is 18.6. The Balaban J connectivity index is 1.88. The van der Waals surface area contributed by atoms with Crippen LogP contribution in [0.2, 0.25) is 0 Å². The van der Waals surface area contributed by atoms with E-state index in [1.165, 1.54) is 0 Å². The van der Waals surface area contributed by atoms with Crippen LogP contribution in [0, 0.1) is 11.8 Å². The van der Waals surface area contributed by atoms with Crippen molar-refractivity contribution in [1.29, 1.82) is 0 Å². The van der Waals surface area contributed by atoms with E-state index in [-0.39, 0.29) is 17.7 Å². The maximum Gasteiger partial charge on any atom is 0.229 e. The minimum absolute atomic E-state index is 0.0838. The third-order valence-corrected chi connectivity index (χ3v) is 3.51. The van der Waals surface area contributed by atoms with Crippen LogP contribution in [0.15, 0.2) is 24.5 Å². The lowest BCUT2D eigenvalue weighted by Gasteiger charge is -2.17. The van der Waals surface area contributed by atoms with Gasteiger partial charge in [0, 0.05) is 37.6 Å². The number of carbonyl (C=O) groups excluding carboxylic acids is 2. The highest BCUT2D eigenvalue weighted by Gasteiger charge is 2.33. The zero-order valence-electron chi connectivity index (χ0n) is 12.0. The molecule has 1 saturated heterocycles. The number of anilines is 1. The van der Waals surface area contributed by atoms with Gasteiger partial charge in [0.05, 0.1) is 5.92 Å². The maximum atomic E-state index is 12.1. The van der Waals surface area contributed by atoms with Crippen molar-refractivity contribution in [1.82, 2.24) is 9.88 Å². The first-order valence-corrected chi connectivity index (χ1v) is 7.05.